The second-order valence-corrected chi connectivity index (χ2v) is 3.44. The van der Waals surface area contributed by atoms with E-state index in [0.29, 0.717) is 11.1 Å². The molecule has 2 N–H and O–H groups in total. The molecule has 1 unspecified atom stereocenters. The number of carbonyl (C=O) groups is 1. The van der Waals surface area contributed by atoms with Crippen LogP contribution < -0.4 is 5.32 Å². The second-order valence-electron chi connectivity index (χ2n) is 3.44. The number of amides is 1. The fourth-order valence-corrected chi connectivity index (χ4v) is 1.56. The van der Waals surface area contributed by atoms with Gasteiger partial charge in [-0.3, -0.25) is 4.79 Å². The van der Waals surface area contributed by atoms with Crippen molar-refractivity contribution in [2.75, 3.05) is 5.32 Å². The van der Waals surface area contributed by atoms with Crippen LogP contribution in [0.15, 0.2) is 12.1 Å². The summed E-state index contributed by atoms with van der Waals surface area (Å²) >= 11 is 0. The zero-order chi connectivity index (χ0) is 10.3. The van der Waals surface area contributed by atoms with Crippen LogP contribution in [0.1, 0.15) is 24.2 Å². The summed E-state index contributed by atoms with van der Waals surface area (Å²) in [7, 11) is 0. The van der Waals surface area contributed by atoms with Crippen molar-refractivity contribution >= 4 is 11.6 Å². The van der Waals surface area contributed by atoms with Crippen molar-refractivity contribution in [2.45, 2.75) is 19.4 Å². The Hall–Kier alpha value is -1.42. The molecule has 0 spiro atoms. The van der Waals surface area contributed by atoms with Gasteiger partial charge < -0.3 is 10.4 Å². The highest BCUT2D eigenvalue weighted by Crippen LogP contribution is 2.29. The van der Waals surface area contributed by atoms with Crippen molar-refractivity contribution in [3.05, 3.63) is 29.1 Å². The zero-order valence-electron chi connectivity index (χ0n) is 7.67. The van der Waals surface area contributed by atoms with E-state index in [1.54, 1.807) is 13.0 Å². The van der Waals surface area contributed by atoms with Crippen LogP contribution in [0, 0.1) is 5.82 Å². The molecule has 1 aromatic rings. The van der Waals surface area contributed by atoms with E-state index >= 15 is 0 Å². The number of fused-ring (bicyclic) bond motifs is 1. The second kappa shape index (κ2) is 3.06. The molecule has 1 aromatic carbocycles. The number of rotatable bonds is 1. The van der Waals surface area contributed by atoms with E-state index in [9.17, 15) is 14.3 Å². The summed E-state index contributed by atoms with van der Waals surface area (Å²) in [4.78, 5) is 11.0. The van der Waals surface area contributed by atoms with Gasteiger partial charge in [0.1, 0.15) is 5.82 Å². The van der Waals surface area contributed by atoms with E-state index in [-0.39, 0.29) is 18.0 Å². The monoisotopic (exact) mass is 195 g/mol. The Balaban J connectivity index is 2.51. The number of carbonyl (C=O) groups excluding carboxylic acids is 1. The molecule has 0 radical (unpaired) electrons. The molecular formula is C10H10FNO2. The third-order valence-corrected chi connectivity index (χ3v) is 2.29. The summed E-state index contributed by atoms with van der Waals surface area (Å²) in [5.74, 6) is -0.689. The Morgan fingerprint density at radius 2 is 2.29 bits per heavy atom. The van der Waals surface area contributed by atoms with Gasteiger partial charge in [0.05, 0.1) is 18.2 Å². The summed E-state index contributed by atoms with van der Waals surface area (Å²) in [6.07, 6.45) is -0.530. The molecule has 1 aliphatic heterocycles. The maximum Gasteiger partial charge on any atom is 0.228 e. The first-order chi connectivity index (χ1) is 6.58. The molecule has 0 saturated carbocycles. The summed E-state index contributed by atoms with van der Waals surface area (Å²) in [6, 6.07) is 2.90. The molecule has 0 bridgehead atoms. The largest absolute Gasteiger partial charge is 0.389 e. The Morgan fingerprint density at radius 3 is 2.93 bits per heavy atom. The van der Waals surface area contributed by atoms with Gasteiger partial charge in [-0.25, -0.2) is 4.39 Å². The number of anilines is 1. The summed E-state index contributed by atoms with van der Waals surface area (Å²) in [6.45, 7) is 1.56. The molecule has 0 aliphatic carbocycles. The number of halogens is 1. The van der Waals surface area contributed by atoms with Crippen LogP contribution in [0.3, 0.4) is 0 Å². The molecule has 1 atom stereocenters. The predicted molar refractivity (Wildman–Crippen MR) is 49.4 cm³/mol. The van der Waals surface area contributed by atoms with Crippen molar-refractivity contribution in [1.82, 2.24) is 0 Å². The van der Waals surface area contributed by atoms with Gasteiger partial charge >= 0.3 is 0 Å². The Labute approximate surface area is 80.6 Å². The maximum atomic E-state index is 13.4. The Bertz CT molecular complexity index is 401. The van der Waals surface area contributed by atoms with Crippen molar-refractivity contribution in [3.8, 4) is 0 Å². The standard InChI is InChI=1S/C10H10FNO2/c1-5(13)6-2-7-4-9(14)12-10(7)8(11)3-6/h2-3,5,13H,4H2,1H3,(H,12,14). The third-order valence-electron chi connectivity index (χ3n) is 2.29. The van der Waals surface area contributed by atoms with Crippen molar-refractivity contribution < 1.29 is 14.3 Å². The van der Waals surface area contributed by atoms with E-state index in [2.05, 4.69) is 5.32 Å². The van der Waals surface area contributed by atoms with Gasteiger partial charge in [0.2, 0.25) is 5.91 Å². The molecule has 0 aromatic heterocycles. The van der Waals surface area contributed by atoms with Gasteiger partial charge in [-0.1, -0.05) is 6.07 Å². The first-order valence-electron chi connectivity index (χ1n) is 4.38. The highest BCUT2D eigenvalue weighted by Gasteiger charge is 2.22. The average molecular weight is 195 g/mol. The number of aliphatic hydroxyl groups is 1. The number of aliphatic hydroxyl groups excluding tert-OH is 1. The molecule has 2 rings (SSSR count). The van der Waals surface area contributed by atoms with Crippen LogP contribution in [0.25, 0.3) is 0 Å². The molecule has 14 heavy (non-hydrogen) atoms. The SMILES string of the molecule is CC(O)c1cc(F)c2c(c1)CC(=O)N2. The van der Waals surface area contributed by atoms with Crippen LogP contribution in [0.2, 0.25) is 0 Å². The fourth-order valence-electron chi connectivity index (χ4n) is 1.56. The van der Waals surface area contributed by atoms with Crippen molar-refractivity contribution in [2.24, 2.45) is 0 Å². The van der Waals surface area contributed by atoms with E-state index in [1.807, 2.05) is 0 Å². The van der Waals surface area contributed by atoms with Gasteiger partial charge in [0.15, 0.2) is 0 Å². The van der Waals surface area contributed by atoms with Crippen molar-refractivity contribution in [1.29, 1.82) is 0 Å². The summed E-state index contributed by atoms with van der Waals surface area (Å²) in [5, 5.41) is 11.7. The molecule has 1 amide bonds. The number of hydrogen-bond donors (Lipinski definition) is 2. The Kier molecular flexibility index (Phi) is 2.00. The first-order valence-corrected chi connectivity index (χ1v) is 4.38. The fraction of sp³-hybridized carbons (Fsp3) is 0.300. The number of benzene rings is 1. The lowest BCUT2D eigenvalue weighted by Crippen LogP contribution is -2.04. The normalized spacial score (nSPS) is 16.4. The molecule has 4 heteroatoms. The summed E-state index contributed by atoms with van der Waals surface area (Å²) in [5.41, 5.74) is 1.36. The van der Waals surface area contributed by atoms with Crippen LogP contribution in [-0.4, -0.2) is 11.0 Å². The molecule has 1 heterocycles. The van der Waals surface area contributed by atoms with E-state index < -0.39 is 11.9 Å². The first kappa shape index (κ1) is 9.15. The van der Waals surface area contributed by atoms with E-state index in [4.69, 9.17) is 0 Å². The lowest BCUT2D eigenvalue weighted by Gasteiger charge is -2.07. The van der Waals surface area contributed by atoms with E-state index in [0.717, 1.165) is 0 Å². The van der Waals surface area contributed by atoms with Gasteiger partial charge in [-0.05, 0) is 24.1 Å². The lowest BCUT2D eigenvalue weighted by molar-refractivity contribution is -0.115. The minimum Gasteiger partial charge on any atom is -0.389 e. The van der Waals surface area contributed by atoms with Crippen LogP contribution in [-0.2, 0) is 11.2 Å². The number of nitrogens with one attached hydrogen (secondary N) is 1. The molecular weight excluding hydrogens is 185 g/mol. The molecule has 0 saturated heterocycles. The predicted octanol–water partition coefficient (Wildman–Crippen LogP) is 1.37. The van der Waals surface area contributed by atoms with Crippen molar-refractivity contribution in [3.63, 3.8) is 0 Å². The molecule has 1 aliphatic rings. The molecule has 3 nitrogen and oxygen atoms in total. The zero-order valence-corrected chi connectivity index (χ0v) is 7.67. The van der Waals surface area contributed by atoms with Crippen LogP contribution in [0.5, 0.6) is 0 Å². The highest BCUT2D eigenvalue weighted by atomic mass is 19.1. The minimum absolute atomic E-state index is 0.187. The average Bonchev–Trinajstić information content (AvgIpc) is 2.45. The quantitative estimate of drug-likeness (QED) is 0.711. The number of hydrogen-bond acceptors (Lipinski definition) is 2. The smallest absolute Gasteiger partial charge is 0.228 e. The minimum atomic E-state index is -0.717. The lowest BCUT2D eigenvalue weighted by atomic mass is 10.0. The third kappa shape index (κ3) is 1.37. The van der Waals surface area contributed by atoms with Gasteiger partial charge in [0.25, 0.3) is 0 Å². The topological polar surface area (TPSA) is 49.3 Å². The van der Waals surface area contributed by atoms with Crippen LogP contribution >= 0.6 is 0 Å². The van der Waals surface area contributed by atoms with Gasteiger partial charge in [-0.15, -0.1) is 0 Å². The van der Waals surface area contributed by atoms with Gasteiger partial charge in [-0.2, -0.15) is 0 Å². The van der Waals surface area contributed by atoms with E-state index in [1.165, 1.54) is 6.07 Å². The molecule has 74 valence electrons. The summed E-state index contributed by atoms with van der Waals surface area (Å²) < 4.78 is 13.4. The maximum absolute atomic E-state index is 13.4. The van der Waals surface area contributed by atoms with Crippen LogP contribution in [0.4, 0.5) is 10.1 Å². The molecule has 0 fully saturated rings. The highest BCUT2D eigenvalue weighted by molar-refractivity contribution is 5.99. The Morgan fingerprint density at radius 1 is 1.57 bits per heavy atom. The van der Waals surface area contributed by atoms with Gasteiger partial charge in [0, 0.05) is 0 Å².